The third kappa shape index (κ3) is 6.36. The first kappa shape index (κ1) is 25.3. The summed E-state index contributed by atoms with van der Waals surface area (Å²) in [5, 5.41) is 10.4. The highest BCUT2D eigenvalue weighted by molar-refractivity contribution is 6.39. The summed E-state index contributed by atoms with van der Waals surface area (Å²) in [6.45, 7) is 7.55. The van der Waals surface area contributed by atoms with Crippen LogP contribution >= 0.6 is 11.6 Å². The first-order valence-electron chi connectivity index (χ1n) is 11.9. The van der Waals surface area contributed by atoms with E-state index in [-0.39, 0.29) is 24.2 Å². The van der Waals surface area contributed by atoms with E-state index in [2.05, 4.69) is 34.8 Å². The number of aliphatic imine (C=N–C) groups is 1. The molecule has 0 spiro atoms. The fraction of sp³-hybridized carbons (Fsp3) is 0.773. The number of nitrogens with two attached hydrogens (primary N) is 2. The Morgan fingerprint density at radius 1 is 1.31 bits per heavy atom. The van der Waals surface area contributed by atoms with Crippen LogP contribution in [0.2, 0.25) is 0 Å². The van der Waals surface area contributed by atoms with E-state index < -0.39 is 18.2 Å². The predicted octanol–water partition coefficient (Wildman–Crippen LogP) is 0.226. The van der Waals surface area contributed by atoms with Crippen molar-refractivity contribution in [2.45, 2.75) is 76.5 Å². The zero-order valence-corrected chi connectivity index (χ0v) is 20.0. The average Bonchev–Trinajstić information content (AvgIpc) is 3.27. The van der Waals surface area contributed by atoms with Crippen LogP contribution in [-0.2, 0) is 9.53 Å². The quantitative estimate of drug-likeness (QED) is 0.243. The lowest BCUT2D eigenvalue weighted by molar-refractivity contribution is -0.510. The Morgan fingerprint density at radius 3 is 2.72 bits per heavy atom. The summed E-state index contributed by atoms with van der Waals surface area (Å²) in [5.74, 6) is -0.946. The van der Waals surface area contributed by atoms with Crippen LogP contribution in [0.5, 0.6) is 0 Å². The second kappa shape index (κ2) is 12.2. The summed E-state index contributed by atoms with van der Waals surface area (Å²) in [6, 6.07) is -0.150. The maximum atomic E-state index is 13.5. The van der Waals surface area contributed by atoms with Crippen molar-refractivity contribution in [1.82, 2.24) is 16.0 Å². The number of nitrogens with zero attached hydrogens (tertiary/aromatic N) is 2. The smallest absolute Gasteiger partial charge is 0.265 e. The van der Waals surface area contributed by atoms with Gasteiger partial charge in [-0.15, -0.1) is 0 Å². The van der Waals surface area contributed by atoms with Crippen LogP contribution in [0, 0.1) is 5.92 Å². The number of ether oxygens (including phenoxy) is 1. The molecule has 0 aromatic rings. The third-order valence-electron chi connectivity index (χ3n) is 6.38. The molecule has 32 heavy (non-hydrogen) atoms. The second-order valence-corrected chi connectivity index (χ2v) is 9.22. The van der Waals surface area contributed by atoms with E-state index in [1.165, 1.54) is 0 Å². The van der Waals surface area contributed by atoms with E-state index in [0.29, 0.717) is 11.6 Å². The van der Waals surface area contributed by atoms with Gasteiger partial charge in [0.1, 0.15) is 11.0 Å². The van der Waals surface area contributed by atoms with Gasteiger partial charge in [0.25, 0.3) is 6.17 Å². The zero-order chi connectivity index (χ0) is 23.1. The molecule has 0 aromatic heterocycles. The Kier molecular flexibility index (Phi) is 9.63. The normalized spacial score (nSPS) is 30.9. The zero-order valence-electron chi connectivity index (χ0n) is 19.2. The summed E-state index contributed by atoms with van der Waals surface area (Å²) in [4.78, 5) is 18.1. The van der Waals surface area contributed by atoms with Gasteiger partial charge in [-0.25, -0.2) is 4.99 Å². The molecule has 2 saturated heterocycles. The number of hydrogen-bond donors (Lipinski definition) is 5. The van der Waals surface area contributed by atoms with Crippen molar-refractivity contribution in [2.75, 3.05) is 26.2 Å². The summed E-state index contributed by atoms with van der Waals surface area (Å²) < 4.78 is 8.31. The van der Waals surface area contributed by atoms with Gasteiger partial charge in [-0.05, 0) is 32.4 Å². The van der Waals surface area contributed by atoms with Gasteiger partial charge in [0, 0.05) is 25.9 Å². The molecule has 2 fully saturated rings. The van der Waals surface area contributed by atoms with E-state index in [9.17, 15) is 4.79 Å². The van der Waals surface area contributed by atoms with E-state index >= 15 is 0 Å². The molecule has 5 atom stereocenters. The molecule has 3 heterocycles. The molecule has 0 aromatic carbocycles. The van der Waals surface area contributed by atoms with Crippen molar-refractivity contribution < 1.29 is 14.1 Å². The molecule has 0 saturated carbocycles. The fourth-order valence-corrected chi connectivity index (χ4v) is 4.87. The molecule has 0 bridgehead atoms. The number of rotatable bonds is 9. The topological polar surface area (TPSA) is 130 Å². The fourth-order valence-electron chi connectivity index (χ4n) is 4.70. The van der Waals surface area contributed by atoms with Crippen LogP contribution in [0.25, 0.3) is 0 Å². The standard InChI is InChI=1S/C22H38ClN7O2/c1-3-5-15(4-2)30-13-14(23)10-28-21(30)19(20(24)25)22(31)29-17-12-27-9-7-18(17)32-16-6-8-26-11-16/h10,13,16-21,26-27H,3-9,11-12,24-25H2,1-2H3/p+1/b30-15+/t16-,17?,18?,19?,21?/m0/s1. The molecule has 3 rings (SSSR count). The molecule has 10 heteroatoms. The van der Waals surface area contributed by atoms with Crippen LogP contribution in [-0.4, -0.2) is 79.2 Å². The molecule has 9 nitrogen and oxygen atoms in total. The van der Waals surface area contributed by atoms with E-state index in [0.717, 1.165) is 57.5 Å². The Morgan fingerprint density at radius 2 is 2.06 bits per heavy atom. The number of piperidine rings is 1. The summed E-state index contributed by atoms with van der Waals surface area (Å²) in [6.07, 6.45) is 6.67. The monoisotopic (exact) mass is 468 g/mol. The molecular formula is C22H39ClN7O2+. The number of nitrogens with one attached hydrogen (secondary N) is 3. The van der Waals surface area contributed by atoms with Gasteiger partial charge in [-0.2, -0.15) is 4.58 Å². The van der Waals surface area contributed by atoms with E-state index in [1.807, 2.05) is 10.8 Å². The molecule has 1 amide bonds. The van der Waals surface area contributed by atoms with Gasteiger partial charge in [-0.3, -0.25) is 4.79 Å². The Labute approximate surface area is 196 Å². The molecular weight excluding hydrogens is 430 g/mol. The van der Waals surface area contributed by atoms with E-state index in [1.54, 1.807) is 6.21 Å². The van der Waals surface area contributed by atoms with Gasteiger partial charge in [0.15, 0.2) is 11.9 Å². The lowest BCUT2D eigenvalue weighted by atomic mass is 9.97. The van der Waals surface area contributed by atoms with Crippen LogP contribution in [0.4, 0.5) is 0 Å². The third-order valence-corrected chi connectivity index (χ3v) is 6.57. The Bertz CT molecular complexity index is 734. The maximum absolute atomic E-state index is 13.5. The average molecular weight is 469 g/mol. The number of halogens is 1. The highest BCUT2D eigenvalue weighted by Crippen LogP contribution is 2.21. The molecule has 0 aliphatic carbocycles. The van der Waals surface area contributed by atoms with Gasteiger partial charge >= 0.3 is 0 Å². The second-order valence-electron chi connectivity index (χ2n) is 8.78. The number of carbonyl (C=O) groups excluding carboxylic acids is 1. The minimum absolute atomic E-state index is 0.0436. The van der Waals surface area contributed by atoms with Crippen LogP contribution < -0.4 is 27.4 Å². The van der Waals surface area contributed by atoms with Gasteiger partial charge in [0.2, 0.25) is 5.91 Å². The van der Waals surface area contributed by atoms with Crippen molar-refractivity contribution >= 4 is 29.4 Å². The minimum atomic E-state index is -0.875. The van der Waals surface area contributed by atoms with Crippen molar-refractivity contribution in [1.29, 1.82) is 0 Å². The lowest BCUT2D eigenvalue weighted by Crippen LogP contribution is -2.61. The van der Waals surface area contributed by atoms with Crippen molar-refractivity contribution in [3.05, 3.63) is 11.2 Å². The molecule has 7 N–H and O–H groups in total. The minimum Gasteiger partial charge on any atom is -0.371 e. The molecule has 3 aliphatic rings. The predicted molar refractivity (Wildman–Crippen MR) is 128 cm³/mol. The summed E-state index contributed by atoms with van der Waals surface area (Å²) in [7, 11) is 0. The SMILES string of the molecule is CCC/C(CC)=[N+]1\C=C(Cl)C=NC1C(C(=O)NC1CNCCC1O[C@H]1CCNC1)C(N)N. The van der Waals surface area contributed by atoms with Crippen molar-refractivity contribution in [3.8, 4) is 0 Å². The van der Waals surface area contributed by atoms with Crippen LogP contribution in [0.3, 0.4) is 0 Å². The summed E-state index contributed by atoms with van der Waals surface area (Å²) in [5.41, 5.74) is 13.5. The molecule has 3 aliphatic heterocycles. The van der Waals surface area contributed by atoms with Crippen molar-refractivity contribution in [3.63, 3.8) is 0 Å². The molecule has 4 unspecified atom stereocenters. The largest absolute Gasteiger partial charge is 0.371 e. The number of hydrogen-bond acceptors (Lipinski definition) is 7. The summed E-state index contributed by atoms with van der Waals surface area (Å²) >= 11 is 6.26. The highest BCUT2D eigenvalue weighted by Gasteiger charge is 2.43. The van der Waals surface area contributed by atoms with Crippen molar-refractivity contribution in [2.24, 2.45) is 22.4 Å². The first-order valence-corrected chi connectivity index (χ1v) is 12.2. The van der Waals surface area contributed by atoms with Crippen LogP contribution in [0.1, 0.15) is 46.0 Å². The molecule has 180 valence electrons. The molecule has 0 radical (unpaired) electrons. The number of allylic oxidation sites excluding steroid dienone is 1. The van der Waals surface area contributed by atoms with Crippen LogP contribution in [0.15, 0.2) is 16.2 Å². The number of amides is 1. The lowest BCUT2D eigenvalue weighted by Gasteiger charge is -2.35. The maximum Gasteiger partial charge on any atom is 0.265 e. The van der Waals surface area contributed by atoms with Gasteiger partial charge in [-0.1, -0.05) is 25.4 Å². The first-order chi connectivity index (χ1) is 15.4. The van der Waals surface area contributed by atoms with Gasteiger partial charge in [0.05, 0.1) is 30.6 Å². The number of carbonyl (C=O) groups is 1. The highest BCUT2D eigenvalue weighted by atomic mass is 35.5. The van der Waals surface area contributed by atoms with E-state index in [4.69, 9.17) is 27.8 Å². The Hall–Kier alpha value is -1.36. The van der Waals surface area contributed by atoms with Gasteiger partial charge < -0.3 is 32.2 Å². The Balaban J connectivity index is 1.79.